The highest BCUT2D eigenvalue weighted by atomic mass is 15.3. The van der Waals surface area contributed by atoms with Gasteiger partial charge in [0.05, 0.1) is 12.2 Å². The summed E-state index contributed by atoms with van der Waals surface area (Å²) < 4.78 is 1.86. The van der Waals surface area contributed by atoms with Crippen molar-refractivity contribution in [3.63, 3.8) is 0 Å². The Kier molecular flexibility index (Phi) is 6.71. The van der Waals surface area contributed by atoms with Crippen LogP contribution >= 0.6 is 0 Å². The van der Waals surface area contributed by atoms with Crippen LogP contribution in [0.1, 0.15) is 32.4 Å². The van der Waals surface area contributed by atoms with Crippen molar-refractivity contribution in [3.05, 3.63) is 18.0 Å². The number of nitrogens with one attached hydrogen (secondary N) is 2. The quantitative estimate of drug-likeness (QED) is 0.613. The van der Waals surface area contributed by atoms with E-state index >= 15 is 0 Å². The zero-order valence-electron chi connectivity index (χ0n) is 14.2. The van der Waals surface area contributed by atoms with Crippen LogP contribution in [0.3, 0.4) is 0 Å². The molecule has 0 bridgehead atoms. The lowest BCUT2D eigenvalue weighted by Gasteiger charge is -2.30. The molecule has 0 spiro atoms. The summed E-state index contributed by atoms with van der Waals surface area (Å²) in [6.07, 6.45) is 4.51. The fourth-order valence-corrected chi connectivity index (χ4v) is 2.88. The highest BCUT2D eigenvalue weighted by molar-refractivity contribution is 5.79. The van der Waals surface area contributed by atoms with Gasteiger partial charge in [-0.15, -0.1) is 0 Å². The number of aryl methyl sites for hydroxylation is 1. The number of piperidine rings is 1. The van der Waals surface area contributed by atoms with Gasteiger partial charge in [0.2, 0.25) is 0 Å². The number of aliphatic imine (C=N–C) groups is 1. The van der Waals surface area contributed by atoms with E-state index in [2.05, 4.69) is 39.5 Å². The van der Waals surface area contributed by atoms with E-state index in [1.54, 1.807) is 0 Å². The van der Waals surface area contributed by atoms with Gasteiger partial charge in [-0.25, -0.2) is 4.99 Å². The zero-order valence-corrected chi connectivity index (χ0v) is 14.2. The maximum absolute atomic E-state index is 4.63. The molecule has 0 aliphatic carbocycles. The van der Waals surface area contributed by atoms with Gasteiger partial charge in [-0.3, -0.25) is 4.68 Å². The molecule has 124 valence electrons. The van der Waals surface area contributed by atoms with Gasteiger partial charge in [0.25, 0.3) is 0 Å². The van der Waals surface area contributed by atoms with Crippen LogP contribution in [-0.2, 0) is 13.6 Å². The molecular weight excluding hydrogens is 276 g/mol. The molecule has 1 aromatic rings. The summed E-state index contributed by atoms with van der Waals surface area (Å²) in [5, 5.41) is 10.9. The van der Waals surface area contributed by atoms with E-state index in [-0.39, 0.29) is 0 Å². The number of rotatable bonds is 6. The molecule has 1 aliphatic heterocycles. The van der Waals surface area contributed by atoms with Gasteiger partial charge in [-0.1, -0.05) is 6.92 Å². The largest absolute Gasteiger partial charge is 0.357 e. The predicted octanol–water partition coefficient (Wildman–Crippen LogP) is 1.21. The Morgan fingerprint density at radius 3 is 3.00 bits per heavy atom. The topological polar surface area (TPSA) is 57.5 Å². The molecule has 1 fully saturated rings. The highest BCUT2D eigenvalue weighted by Gasteiger charge is 2.15. The van der Waals surface area contributed by atoms with Crippen molar-refractivity contribution in [1.82, 2.24) is 25.3 Å². The van der Waals surface area contributed by atoms with E-state index in [1.807, 2.05) is 24.0 Å². The van der Waals surface area contributed by atoms with E-state index in [0.29, 0.717) is 6.54 Å². The first-order valence-electron chi connectivity index (χ1n) is 8.40. The van der Waals surface area contributed by atoms with Gasteiger partial charge < -0.3 is 15.5 Å². The number of hydrogen-bond acceptors (Lipinski definition) is 3. The van der Waals surface area contributed by atoms with E-state index in [9.17, 15) is 0 Å². The molecule has 6 nitrogen and oxygen atoms in total. The predicted molar refractivity (Wildman–Crippen MR) is 90.9 cm³/mol. The molecule has 6 heteroatoms. The van der Waals surface area contributed by atoms with E-state index in [0.717, 1.165) is 37.2 Å². The van der Waals surface area contributed by atoms with Gasteiger partial charge in [0, 0.05) is 39.4 Å². The highest BCUT2D eigenvalue weighted by Crippen LogP contribution is 2.14. The second-order valence-corrected chi connectivity index (χ2v) is 6.12. The molecule has 1 unspecified atom stereocenters. The molecule has 2 heterocycles. The van der Waals surface area contributed by atoms with Gasteiger partial charge in [-0.05, 0) is 38.3 Å². The minimum Gasteiger partial charge on any atom is -0.357 e. The fraction of sp³-hybridized carbons (Fsp3) is 0.750. The van der Waals surface area contributed by atoms with Crippen LogP contribution in [0.2, 0.25) is 0 Å². The summed E-state index contributed by atoms with van der Waals surface area (Å²) >= 11 is 0. The summed E-state index contributed by atoms with van der Waals surface area (Å²) in [5.74, 6) is 1.72. The summed E-state index contributed by atoms with van der Waals surface area (Å²) in [7, 11) is 1.95. The standard InChI is InChI=1S/C16H30N6/c1-4-17-16(19-12-15-7-8-20-21(15)3)18-9-11-22-10-5-6-14(2)13-22/h7-8,14H,4-6,9-13H2,1-3H3,(H2,17,18,19). The first-order valence-corrected chi connectivity index (χ1v) is 8.40. The van der Waals surface area contributed by atoms with Crippen molar-refractivity contribution >= 4 is 5.96 Å². The van der Waals surface area contributed by atoms with Crippen LogP contribution < -0.4 is 10.6 Å². The molecule has 0 radical (unpaired) electrons. The third-order valence-electron chi connectivity index (χ3n) is 4.13. The molecule has 0 amide bonds. The molecule has 1 aliphatic rings. The molecule has 1 saturated heterocycles. The maximum Gasteiger partial charge on any atom is 0.191 e. The van der Waals surface area contributed by atoms with Crippen LogP contribution in [0.4, 0.5) is 0 Å². The Hall–Kier alpha value is -1.56. The summed E-state index contributed by atoms with van der Waals surface area (Å²) in [5.41, 5.74) is 1.11. The monoisotopic (exact) mass is 306 g/mol. The van der Waals surface area contributed by atoms with Crippen LogP contribution in [0.25, 0.3) is 0 Å². The molecular formula is C16H30N6. The average molecular weight is 306 g/mol. The van der Waals surface area contributed by atoms with Crippen molar-refractivity contribution < 1.29 is 0 Å². The van der Waals surface area contributed by atoms with Crippen LogP contribution in [-0.4, -0.2) is 53.4 Å². The SMILES string of the molecule is CCNC(=NCc1ccnn1C)NCCN1CCCC(C)C1. The van der Waals surface area contributed by atoms with E-state index < -0.39 is 0 Å². The number of guanidine groups is 1. The van der Waals surface area contributed by atoms with Crippen molar-refractivity contribution in [2.24, 2.45) is 18.0 Å². The van der Waals surface area contributed by atoms with Gasteiger partial charge in [-0.2, -0.15) is 5.10 Å². The summed E-state index contributed by atoms with van der Waals surface area (Å²) in [6.45, 7) is 10.4. The van der Waals surface area contributed by atoms with Crippen molar-refractivity contribution in [3.8, 4) is 0 Å². The average Bonchev–Trinajstić information content (AvgIpc) is 2.90. The van der Waals surface area contributed by atoms with Gasteiger partial charge >= 0.3 is 0 Å². The number of hydrogen-bond donors (Lipinski definition) is 2. The third kappa shape index (κ3) is 5.33. The third-order valence-corrected chi connectivity index (χ3v) is 4.13. The Morgan fingerprint density at radius 2 is 2.32 bits per heavy atom. The van der Waals surface area contributed by atoms with Crippen LogP contribution in [0, 0.1) is 5.92 Å². The van der Waals surface area contributed by atoms with Crippen LogP contribution in [0.5, 0.6) is 0 Å². The molecule has 2 rings (SSSR count). The Morgan fingerprint density at radius 1 is 1.45 bits per heavy atom. The first kappa shape index (κ1) is 16.8. The lowest BCUT2D eigenvalue weighted by molar-refractivity contribution is 0.187. The minimum absolute atomic E-state index is 0.645. The molecule has 1 aromatic heterocycles. The van der Waals surface area contributed by atoms with Crippen molar-refractivity contribution in [1.29, 1.82) is 0 Å². The molecule has 22 heavy (non-hydrogen) atoms. The number of likely N-dealkylation sites (tertiary alicyclic amines) is 1. The second-order valence-electron chi connectivity index (χ2n) is 6.12. The zero-order chi connectivity index (χ0) is 15.8. The normalized spacial score (nSPS) is 20.1. The molecule has 2 N–H and O–H groups in total. The fourth-order valence-electron chi connectivity index (χ4n) is 2.88. The van der Waals surface area contributed by atoms with Crippen LogP contribution in [0.15, 0.2) is 17.3 Å². The first-order chi connectivity index (χ1) is 10.7. The van der Waals surface area contributed by atoms with Gasteiger partial charge in [0.1, 0.15) is 0 Å². The minimum atomic E-state index is 0.645. The van der Waals surface area contributed by atoms with E-state index in [1.165, 1.54) is 25.9 Å². The summed E-state index contributed by atoms with van der Waals surface area (Å²) in [4.78, 5) is 7.18. The van der Waals surface area contributed by atoms with Crippen molar-refractivity contribution in [2.45, 2.75) is 33.2 Å². The second kappa shape index (κ2) is 8.78. The number of aromatic nitrogens is 2. The summed E-state index contributed by atoms with van der Waals surface area (Å²) in [6, 6.07) is 2.00. The Balaban J connectivity index is 1.77. The lowest BCUT2D eigenvalue weighted by Crippen LogP contribution is -2.43. The Labute approximate surface area is 134 Å². The number of nitrogens with zero attached hydrogens (tertiary/aromatic N) is 4. The molecule has 1 atom stereocenters. The maximum atomic E-state index is 4.63. The lowest BCUT2D eigenvalue weighted by atomic mass is 10.0. The van der Waals surface area contributed by atoms with Crippen molar-refractivity contribution in [2.75, 3.05) is 32.7 Å². The van der Waals surface area contributed by atoms with Gasteiger partial charge in [0.15, 0.2) is 5.96 Å². The Bertz CT molecular complexity index is 467. The smallest absolute Gasteiger partial charge is 0.191 e. The van der Waals surface area contributed by atoms with E-state index in [4.69, 9.17) is 0 Å². The molecule has 0 aromatic carbocycles. The molecule has 0 saturated carbocycles.